The number of H-pyrrole nitrogens is 3. The molecule has 0 spiro atoms. The van der Waals surface area contributed by atoms with Gasteiger partial charge in [-0.1, -0.05) is 160 Å². The molecule has 33 heteroatoms. The Hall–Kier alpha value is -16.6. The summed E-state index contributed by atoms with van der Waals surface area (Å²) >= 11 is 0. The summed E-state index contributed by atoms with van der Waals surface area (Å²) in [6, 6.07) is 50.7. The van der Waals surface area contributed by atoms with Gasteiger partial charge in [-0.3, -0.25) is 28.3 Å². The van der Waals surface area contributed by atoms with Gasteiger partial charge in [-0.25, -0.2) is 54.6 Å². The second-order valence-electron chi connectivity index (χ2n) is 31.7. The van der Waals surface area contributed by atoms with Crippen LogP contribution in [-0.4, -0.2) is 173 Å². The molecule has 0 saturated carbocycles. The number of carboxylic acids is 1. The highest BCUT2D eigenvalue weighted by Crippen LogP contribution is 2.47. The Labute approximate surface area is 817 Å². The van der Waals surface area contributed by atoms with Crippen molar-refractivity contribution in [2.24, 2.45) is 35.2 Å². The summed E-state index contributed by atoms with van der Waals surface area (Å²) < 4.78 is 23.9. The third kappa shape index (κ3) is 19.8. The van der Waals surface area contributed by atoms with E-state index in [0.29, 0.717) is 64.0 Å². The summed E-state index contributed by atoms with van der Waals surface area (Å²) in [4.78, 5) is 115. The van der Waals surface area contributed by atoms with Crippen molar-refractivity contribution < 1.29 is 38.6 Å². The summed E-state index contributed by atoms with van der Waals surface area (Å²) in [5, 5.41) is 31.8. The molecule has 0 amide bonds. The summed E-state index contributed by atoms with van der Waals surface area (Å²) in [5.74, 6) is 2.27. The number of carbonyl (C=O) groups excluding carboxylic acids is 4. The standard InChI is InChI=1S/C21H23N5O2.C21H21N5O2.C19H19N5O2.C19H17N5O.C18H15N5O.5C2H6/c2*1-4-28-17(27)10-9-16-18(15-11-13-7-5-6-8-14(13)25-15)19-20(22-2)23-12-24-21(19)26(16)3;1-20-18-17-16(13-9-11-5-3-4-6-12(11)23-13)14(7-8-15(25)26)24(2)19(17)22-10-21-18;1-20-18-17-16-13(23(2)19(17)22-10-21-18)7-8-15(25)24-12-6-4-3-5-11(12)9-14(16)24;1-22-12-6-7-14(24)23-11-5-3-2-4-10(11)8-13(23)15(12)16-17(19)20-9-21-18(16)22;5*1-2/h5-8,11-12,25H,4,9-10H2,1-3H3,(H,22,23,24);5-12,25H,4H2,1-3H3,(H,22,23,24);3-6,9-10,23H,7-8H2,1-2H3,(H,25,26)(H,20,21,22);3-6,9-10H,7-8H2,1-2H3,(H,20,21,22);2-5,8-9H,6-7H2,1H3,(H2,19,20,21);5*1-2H3/b;10-9+;;;;;;;;. The number of esters is 2. The maximum Gasteiger partial charge on any atom is 0.330 e. The number of aryl methyl sites for hydroxylation is 5. The van der Waals surface area contributed by atoms with Gasteiger partial charge in [0, 0.05) is 194 Å². The molecule has 33 nitrogen and oxygen atoms in total. The topological polar surface area (TPSA) is 409 Å². The number of nitrogens with two attached hydrogens (primary N) is 1. The van der Waals surface area contributed by atoms with Crippen LogP contribution < -0.4 is 27.0 Å². The number of ether oxygens (including phenoxy) is 2. The maximum atomic E-state index is 12.9. The number of benzene rings is 5. The Balaban J connectivity index is 0.000000145. The van der Waals surface area contributed by atoms with E-state index in [-0.39, 0.29) is 30.2 Å². The van der Waals surface area contributed by atoms with Gasteiger partial charge in [0.2, 0.25) is 11.8 Å². The van der Waals surface area contributed by atoms with Gasteiger partial charge in [0.15, 0.2) is 0 Å². The van der Waals surface area contributed by atoms with E-state index in [4.69, 9.17) is 20.3 Å². The Morgan fingerprint density at radius 3 is 1.12 bits per heavy atom. The summed E-state index contributed by atoms with van der Waals surface area (Å²) in [6.45, 7) is 24.3. The van der Waals surface area contributed by atoms with Gasteiger partial charge in [0.25, 0.3) is 0 Å². The number of nitrogen functional groups attached to an aromatic ring is 1. The molecule has 141 heavy (non-hydrogen) atoms. The number of anilines is 5. The molecule has 0 fully saturated rings. The molecule has 5 aromatic carbocycles. The second kappa shape index (κ2) is 46.0. The van der Waals surface area contributed by atoms with E-state index in [0.717, 1.165) is 218 Å². The number of hydrogen-bond donors (Lipinski definition) is 9. The van der Waals surface area contributed by atoms with E-state index in [9.17, 15) is 24.0 Å². The molecule has 730 valence electrons. The number of aromatic amines is 3. The molecule has 22 rings (SSSR count). The zero-order valence-corrected chi connectivity index (χ0v) is 84.0. The number of rotatable bonds is 17. The lowest BCUT2D eigenvalue weighted by Crippen LogP contribution is -2.10. The first-order chi connectivity index (χ1) is 68.7. The first kappa shape index (κ1) is 102. The predicted molar refractivity (Wildman–Crippen MR) is 570 cm³/mol. The molecular weight excluding hydrogens is 1780 g/mol. The van der Waals surface area contributed by atoms with Crippen LogP contribution >= 0.6 is 0 Å². The average Bonchev–Trinajstić information content (AvgIpc) is 1.55. The average molecular weight is 1900 g/mol. The third-order valence-electron chi connectivity index (χ3n) is 24.4. The number of hydrogen-bond acceptors (Lipinski definition) is 22. The monoisotopic (exact) mass is 1900 g/mol. The van der Waals surface area contributed by atoms with Crippen molar-refractivity contribution in [3.05, 3.63) is 218 Å². The van der Waals surface area contributed by atoms with Crippen LogP contribution in [0, 0.1) is 0 Å². The second-order valence-corrected chi connectivity index (χ2v) is 31.7. The smallest absolute Gasteiger partial charge is 0.330 e. The summed E-state index contributed by atoms with van der Waals surface area (Å²) in [6.07, 6.45) is 14.5. The molecule has 10 N–H and O–H groups in total. The van der Waals surface area contributed by atoms with Gasteiger partial charge in [-0.05, 0) is 106 Å². The number of nitrogens with one attached hydrogen (secondary N) is 7. The molecule has 0 atom stereocenters. The highest BCUT2D eigenvalue weighted by molar-refractivity contribution is 6.13. The van der Waals surface area contributed by atoms with Gasteiger partial charge < -0.3 is 79.4 Å². The van der Waals surface area contributed by atoms with Crippen LogP contribution in [0.5, 0.6) is 0 Å². The third-order valence-corrected chi connectivity index (χ3v) is 24.4. The van der Waals surface area contributed by atoms with Crippen molar-refractivity contribution in [1.82, 2.24) is 96.8 Å². The van der Waals surface area contributed by atoms with Gasteiger partial charge >= 0.3 is 17.9 Å². The Kier molecular flexibility index (Phi) is 33.2. The van der Waals surface area contributed by atoms with Crippen LogP contribution in [0.25, 0.3) is 172 Å². The van der Waals surface area contributed by atoms with Crippen LogP contribution in [0.4, 0.5) is 29.1 Å². The number of aliphatic carboxylic acids is 1. The minimum Gasteiger partial charge on any atom is -0.481 e. The van der Waals surface area contributed by atoms with E-state index in [1.54, 1.807) is 25.7 Å². The largest absolute Gasteiger partial charge is 0.481 e. The fourth-order valence-electron chi connectivity index (χ4n) is 18.6. The zero-order valence-electron chi connectivity index (χ0n) is 84.0. The van der Waals surface area contributed by atoms with Crippen molar-refractivity contribution in [2.45, 2.75) is 134 Å². The van der Waals surface area contributed by atoms with Crippen LogP contribution in [0.2, 0.25) is 0 Å². The predicted octanol–water partition coefficient (Wildman–Crippen LogP) is 21.7. The van der Waals surface area contributed by atoms with E-state index in [2.05, 4.69) is 139 Å². The lowest BCUT2D eigenvalue weighted by atomic mass is 10.1. The SMILES string of the molecule is CC.CC.CC.CC.CC.CCOC(=O)/C=C/c1c(-c2cc3ccccc3[nH]2)c2c(NC)ncnc2n1C.CCOC(=O)CCc1c(-c2cc3ccccc3[nH]2)c2c(NC)ncnc2n1C.CNc1ncnc2c1c(-c1cc3ccccc3[nH]1)c(CCC(=O)O)n2C.CNc1ncnc2c1c1c(n2C)CCC(=O)n2c-1cc1ccccc12.Cn1c2c(c3c(N)ncnc31)-c1cc3ccccc3n1C(=O)CC2. The number of para-hydroxylation sites is 5. The Bertz CT molecular complexity index is 7860. The molecule has 2 aliphatic rings. The molecule has 0 saturated heterocycles. The minimum atomic E-state index is -0.822. The molecule has 0 bridgehead atoms. The summed E-state index contributed by atoms with van der Waals surface area (Å²) in [5.41, 5.74) is 29.8. The van der Waals surface area contributed by atoms with Crippen LogP contribution in [0.15, 0.2) is 189 Å². The molecule has 2 aliphatic heterocycles. The van der Waals surface area contributed by atoms with E-state index >= 15 is 0 Å². The molecule has 15 aromatic heterocycles. The van der Waals surface area contributed by atoms with Crippen molar-refractivity contribution >= 4 is 175 Å². The van der Waals surface area contributed by atoms with Crippen LogP contribution in [0.1, 0.15) is 147 Å². The molecule has 0 radical (unpaired) electrons. The highest BCUT2D eigenvalue weighted by Gasteiger charge is 2.33. The zero-order chi connectivity index (χ0) is 101. The normalized spacial score (nSPS) is 11.6. The fraction of sp³-hybridized carbons (Fsp3) is 0.287. The molecular formula is C108H125N25O8. The molecule has 20 aromatic rings. The van der Waals surface area contributed by atoms with E-state index in [1.807, 2.05) is 270 Å². The number of nitrogens with zero attached hydrogens (tertiary/aromatic N) is 17. The summed E-state index contributed by atoms with van der Waals surface area (Å²) in [7, 11) is 17.2. The quantitative estimate of drug-likeness (QED) is 0.0302. The van der Waals surface area contributed by atoms with Gasteiger partial charge in [0.05, 0.1) is 81.1 Å². The lowest BCUT2D eigenvalue weighted by molar-refractivity contribution is -0.143. The van der Waals surface area contributed by atoms with Crippen LogP contribution in [0.3, 0.4) is 0 Å². The van der Waals surface area contributed by atoms with Crippen molar-refractivity contribution in [1.29, 1.82) is 0 Å². The number of carboxylic acid groups (broad SMARTS) is 1. The van der Waals surface area contributed by atoms with Crippen LogP contribution in [-0.2, 0) is 84.8 Å². The Morgan fingerprint density at radius 2 is 0.730 bits per heavy atom. The van der Waals surface area contributed by atoms with Gasteiger partial charge in [-0.15, -0.1) is 0 Å². The first-order valence-corrected chi connectivity index (χ1v) is 48.1. The number of fused-ring (bicyclic) bond motifs is 20. The van der Waals surface area contributed by atoms with Crippen molar-refractivity contribution in [2.75, 3.05) is 68.4 Å². The molecule has 0 unspecified atom stereocenters. The van der Waals surface area contributed by atoms with E-state index in [1.165, 1.54) is 25.1 Å². The lowest BCUT2D eigenvalue weighted by Gasteiger charge is -2.07. The highest BCUT2D eigenvalue weighted by atomic mass is 16.5. The van der Waals surface area contributed by atoms with Gasteiger partial charge in [-0.2, -0.15) is 0 Å². The first-order valence-electron chi connectivity index (χ1n) is 48.1. The molecule has 17 heterocycles. The van der Waals surface area contributed by atoms with E-state index < -0.39 is 5.97 Å². The van der Waals surface area contributed by atoms with Crippen molar-refractivity contribution in [3.8, 4) is 56.3 Å². The number of aromatic nitrogens is 20. The molecule has 0 aliphatic carbocycles. The van der Waals surface area contributed by atoms with Gasteiger partial charge in [0.1, 0.15) is 89.0 Å². The minimum absolute atomic E-state index is 0.0553. The maximum absolute atomic E-state index is 12.9. The number of carbonyl (C=O) groups is 5. The van der Waals surface area contributed by atoms with Crippen molar-refractivity contribution in [3.63, 3.8) is 0 Å². The Morgan fingerprint density at radius 1 is 0.397 bits per heavy atom. The fourth-order valence-corrected chi connectivity index (χ4v) is 18.6.